The van der Waals surface area contributed by atoms with E-state index in [1.807, 2.05) is 49.4 Å². The molecule has 0 saturated carbocycles. The van der Waals surface area contributed by atoms with Gasteiger partial charge in [-0.2, -0.15) is 5.26 Å². The van der Waals surface area contributed by atoms with E-state index in [9.17, 15) is 10.1 Å². The molecule has 1 amide bonds. The SMILES string of the molecule is Cc1cc(I)ccc1N/C=C(/C#N)C(=O)NCc1ccccc1Cl. The van der Waals surface area contributed by atoms with Gasteiger partial charge in [-0.05, 0) is 64.9 Å². The van der Waals surface area contributed by atoms with E-state index in [0.717, 1.165) is 20.4 Å². The number of benzene rings is 2. The second-order valence-electron chi connectivity index (χ2n) is 5.05. The predicted octanol–water partition coefficient (Wildman–Crippen LogP) is 4.39. The van der Waals surface area contributed by atoms with Gasteiger partial charge in [0.2, 0.25) is 0 Å². The third-order valence-corrected chi connectivity index (χ3v) is 4.36. The fourth-order valence-electron chi connectivity index (χ4n) is 2.00. The van der Waals surface area contributed by atoms with Gasteiger partial charge in [0.05, 0.1) is 0 Å². The van der Waals surface area contributed by atoms with Crippen molar-refractivity contribution in [3.63, 3.8) is 0 Å². The number of nitrogens with one attached hydrogen (secondary N) is 2. The summed E-state index contributed by atoms with van der Waals surface area (Å²) in [5, 5.41) is 15.5. The number of nitriles is 1. The van der Waals surface area contributed by atoms with Crippen LogP contribution >= 0.6 is 34.2 Å². The van der Waals surface area contributed by atoms with Crippen LogP contribution in [0.25, 0.3) is 0 Å². The lowest BCUT2D eigenvalue weighted by atomic mass is 10.2. The minimum Gasteiger partial charge on any atom is -0.360 e. The Morgan fingerprint density at radius 1 is 1.33 bits per heavy atom. The van der Waals surface area contributed by atoms with Crippen LogP contribution in [-0.2, 0) is 11.3 Å². The van der Waals surface area contributed by atoms with E-state index in [1.165, 1.54) is 6.20 Å². The lowest BCUT2D eigenvalue weighted by Crippen LogP contribution is -2.24. The van der Waals surface area contributed by atoms with E-state index in [4.69, 9.17) is 11.6 Å². The number of amides is 1. The largest absolute Gasteiger partial charge is 0.360 e. The number of hydrogen-bond acceptors (Lipinski definition) is 3. The summed E-state index contributed by atoms with van der Waals surface area (Å²) in [6.45, 7) is 2.22. The van der Waals surface area contributed by atoms with Crippen molar-refractivity contribution in [1.29, 1.82) is 5.26 Å². The summed E-state index contributed by atoms with van der Waals surface area (Å²) >= 11 is 8.28. The molecule has 6 heteroatoms. The van der Waals surface area contributed by atoms with Gasteiger partial charge in [-0.15, -0.1) is 0 Å². The Morgan fingerprint density at radius 2 is 2.08 bits per heavy atom. The van der Waals surface area contributed by atoms with E-state index in [-0.39, 0.29) is 12.1 Å². The molecular weight excluding hydrogens is 437 g/mol. The number of carbonyl (C=O) groups is 1. The topological polar surface area (TPSA) is 64.9 Å². The summed E-state index contributed by atoms with van der Waals surface area (Å²) in [5.41, 5.74) is 2.68. The Labute approximate surface area is 159 Å². The number of hydrogen-bond donors (Lipinski definition) is 2. The zero-order chi connectivity index (χ0) is 17.5. The van der Waals surface area contributed by atoms with Gasteiger partial charge in [-0.3, -0.25) is 4.79 Å². The average Bonchev–Trinajstić information content (AvgIpc) is 2.56. The number of nitrogens with zero attached hydrogens (tertiary/aromatic N) is 1. The Balaban J connectivity index is 2.03. The van der Waals surface area contributed by atoms with Crippen LogP contribution < -0.4 is 10.6 Å². The van der Waals surface area contributed by atoms with Gasteiger partial charge >= 0.3 is 0 Å². The van der Waals surface area contributed by atoms with Gasteiger partial charge in [0, 0.05) is 27.0 Å². The lowest BCUT2D eigenvalue weighted by molar-refractivity contribution is -0.117. The van der Waals surface area contributed by atoms with Gasteiger partial charge in [0.1, 0.15) is 11.6 Å². The number of halogens is 2. The molecule has 0 aliphatic carbocycles. The molecule has 2 N–H and O–H groups in total. The Bertz CT molecular complexity index is 827. The fourth-order valence-corrected chi connectivity index (χ4v) is 2.85. The van der Waals surface area contributed by atoms with Crippen LogP contribution in [0.2, 0.25) is 5.02 Å². The van der Waals surface area contributed by atoms with Crippen LogP contribution in [-0.4, -0.2) is 5.91 Å². The minimum atomic E-state index is -0.451. The monoisotopic (exact) mass is 451 g/mol. The first-order valence-electron chi connectivity index (χ1n) is 7.16. The Morgan fingerprint density at radius 3 is 2.75 bits per heavy atom. The van der Waals surface area contributed by atoms with Crippen molar-refractivity contribution >= 4 is 45.8 Å². The third kappa shape index (κ3) is 4.98. The number of rotatable bonds is 5. The molecule has 2 aromatic carbocycles. The molecule has 0 bridgehead atoms. The lowest BCUT2D eigenvalue weighted by Gasteiger charge is -2.08. The third-order valence-electron chi connectivity index (χ3n) is 3.32. The molecule has 0 aromatic heterocycles. The van der Waals surface area contributed by atoms with Gasteiger partial charge in [0.15, 0.2) is 0 Å². The Kier molecular flexibility index (Phi) is 6.64. The molecular formula is C18H15ClIN3O. The first kappa shape index (κ1) is 18.3. The van der Waals surface area contributed by atoms with Crippen molar-refractivity contribution < 1.29 is 4.79 Å². The maximum atomic E-state index is 12.1. The molecule has 0 saturated heterocycles. The van der Waals surface area contributed by atoms with Crippen molar-refractivity contribution in [2.75, 3.05) is 5.32 Å². The van der Waals surface area contributed by atoms with Crippen molar-refractivity contribution in [1.82, 2.24) is 5.32 Å². The molecule has 2 aromatic rings. The minimum absolute atomic E-state index is 0.00000331. The quantitative estimate of drug-likeness (QED) is 0.403. The van der Waals surface area contributed by atoms with Gasteiger partial charge in [-0.1, -0.05) is 29.8 Å². The van der Waals surface area contributed by atoms with Crippen LogP contribution in [0.5, 0.6) is 0 Å². The molecule has 0 heterocycles. The maximum Gasteiger partial charge on any atom is 0.263 e. The zero-order valence-electron chi connectivity index (χ0n) is 12.9. The highest BCUT2D eigenvalue weighted by atomic mass is 127. The first-order valence-corrected chi connectivity index (χ1v) is 8.61. The van der Waals surface area contributed by atoms with Gasteiger partial charge < -0.3 is 10.6 Å². The molecule has 0 unspecified atom stereocenters. The highest BCUT2D eigenvalue weighted by Crippen LogP contribution is 2.18. The van der Waals surface area contributed by atoms with Crippen LogP contribution in [0, 0.1) is 21.8 Å². The molecule has 24 heavy (non-hydrogen) atoms. The molecule has 0 atom stereocenters. The van der Waals surface area contributed by atoms with E-state index in [1.54, 1.807) is 6.07 Å². The van der Waals surface area contributed by atoms with Gasteiger partial charge in [-0.25, -0.2) is 0 Å². The zero-order valence-corrected chi connectivity index (χ0v) is 15.9. The van der Waals surface area contributed by atoms with Crippen LogP contribution in [0.4, 0.5) is 5.69 Å². The molecule has 2 rings (SSSR count). The smallest absolute Gasteiger partial charge is 0.263 e. The van der Waals surface area contributed by atoms with Crippen molar-refractivity contribution in [2.24, 2.45) is 0 Å². The van der Waals surface area contributed by atoms with Crippen LogP contribution in [0.1, 0.15) is 11.1 Å². The van der Waals surface area contributed by atoms with E-state index in [2.05, 4.69) is 33.2 Å². The Hall–Kier alpha value is -2.04. The van der Waals surface area contributed by atoms with E-state index < -0.39 is 5.91 Å². The summed E-state index contributed by atoms with van der Waals surface area (Å²) in [4.78, 5) is 12.1. The second-order valence-corrected chi connectivity index (χ2v) is 6.70. The molecule has 4 nitrogen and oxygen atoms in total. The highest BCUT2D eigenvalue weighted by molar-refractivity contribution is 14.1. The van der Waals surface area contributed by atoms with E-state index in [0.29, 0.717) is 5.02 Å². The molecule has 0 spiro atoms. The second kappa shape index (κ2) is 8.71. The highest BCUT2D eigenvalue weighted by Gasteiger charge is 2.09. The predicted molar refractivity (Wildman–Crippen MR) is 105 cm³/mol. The number of carbonyl (C=O) groups excluding carboxylic acids is 1. The summed E-state index contributed by atoms with van der Waals surface area (Å²) in [5.74, 6) is -0.451. The molecule has 0 fully saturated rings. The number of anilines is 1. The normalized spacial score (nSPS) is 10.8. The summed E-state index contributed by atoms with van der Waals surface area (Å²) in [6.07, 6.45) is 1.41. The maximum absolute atomic E-state index is 12.1. The van der Waals surface area contributed by atoms with E-state index >= 15 is 0 Å². The summed E-state index contributed by atoms with van der Waals surface area (Å²) in [7, 11) is 0. The molecule has 0 aliphatic rings. The van der Waals surface area contributed by atoms with Gasteiger partial charge in [0.25, 0.3) is 5.91 Å². The molecule has 122 valence electrons. The van der Waals surface area contributed by atoms with Crippen molar-refractivity contribution in [3.8, 4) is 6.07 Å². The van der Waals surface area contributed by atoms with Crippen molar-refractivity contribution in [2.45, 2.75) is 13.5 Å². The first-order chi connectivity index (χ1) is 11.5. The molecule has 0 aliphatic heterocycles. The standard InChI is InChI=1S/C18H15ClIN3O/c1-12-8-15(20)6-7-17(12)22-11-14(9-21)18(24)23-10-13-4-2-3-5-16(13)19/h2-8,11,22H,10H2,1H3,(H,23,24)/b14-11-. The van der Waals surface area contributed by atoms with Crippen LogP contribution in [0.3, 0.4) is 0 Å². The summed E-state index contributed by atoms with van der Waals surface area (Å²) in [6, 6.07) is 15.0. The van der Waals surface area contributed by atoms with Crippen molar-refractivity contribution in [3.05, 3.63) is 74.0 Å². The fraction of sp³-hybridized carbons (Fsp3) is 0.111. The van der Waals surface area contributed by atoms with Crippen LogP contribution in [0.15, 0.2) is 54.2 Å². The summed E-state index contributed by atoms with van der Waals surface area (Å²) < 4.78 is 1.12. The molecule has 0 radical (unpaired) electrons. The number of aryl methyl sites for hydroxylation is 1. The average molecular weight is 452 g/mol.